The number of benzene rings is 1. The molecule has 11 heteroatoms. The highest BCUT2D eigenvalue weighted by atomic mass is 32.2. The Balaban J connectivity index is 1.55. The van der Waals surface area contributed by atoms with E-state index in [1.54, 1.807) is 0 Å². The first-order valence-electron chi connectivity index (χ1n) is 10.9. The SMILES string of the molecule is O=C(Cc1ncc(F)s1)C(CC1CCOCC1)n1ncc2c(S(=O)(=O)C3CC3)cc(F)cc21. The van der Waals surface area contributed by atoms with Gasteiger partial charge in [0, 0.05) is 18.6 Å². The smallest absolute Gasteiger partial charge is 0.196 e. The van der Waals surface area contributed by atoms with E-state index in [0.717, 1.165) is 36.4 Å². The summed E-state index contributed by atoms with van der Waals surface area (Å²) < 4.78 is 60.7. The number of thiazole rings is 1. The third-order valence-corrected chi connectivity index (χ3v) is 9.41. The van der Waals surface area contributed by atoms with Crippen LogP contribution in [0.3, 0.4) is 0 Å². The summed E-state index contributed by atoms with van der Waals surface area (Å²) in [5, 5.41) is 4.07. The number of carbonyl (C=O) groups is 1. The molecule has 7 nitrogen and oxygen atoms in total. The second kappa shape index (κ2) is 8.84. The maximum atomic E-state index is 14.6. The summed E-state index contributed by atoms with van der Waals surface area (Å²) in [5.74, 6) is -0.720. The molecule has 1 saturated heterocycles. The van der Waals surface area contributed by atoms with Gasteiger partial charge >= 0.3 is 0 Å². The first kappa shape index (κ1) is 22.5. The van der Waals surface area contributed by atoms with Crippen molar-refractivity contribution in [3.8, 4) is 0 Å². The van der Waals surface area contributed by atoms with Crippen LogP contribution < -0.4 is 0 Å². The fourth-order valence-corrected chi connectivity index (χ4v) is 6.93. The van der Waals surface area contributed by atoms with E-state index in [-0.39, 0.29) is 28.5 Å². The molecule has 33 heavy (non-hydrogen) atoms. The van der Waals surface area contributed by atoms with Gasteiger partial charge in [0.05, 0.1) is 34.5 Å². The zero-order chi connectivity index (χ0) is 23.2. The lowest BCUT2D eigenvalue weighted by Gasteiger charge is -2.26. The normalized spacial score (nSPS) is 18.6. The number of rotatable bonds is 8. The van der Waals surface area contributed by atoms with E-state index in [9.17, 15) is 22.0 Å². The first-order valence-corrected chi connectivity index (χ1v) is 13.3. The first-order chi connectivity index (χ1) is 15.8. The molecule has 1 aliphatic heterocycles. The fraction of sp³-hybridized carbons (Fsp3) is 0.500. The lowest BCUT2D eigenvalue weighted by atomic mass is 9.90. The van der Waals surface area contributed by atoms with Gasteiger partial charge in [-0.15, -0.1) is 0 Å². The molecule has 1 aliphatic carbocycles. The topological polar surface area (TPSA) is 91.2 Å². The van der Waals surface area contributed by atoms with Crippen LogP contribution in [0, 0.1) is 16.9 Å². The molecule has 0 N–H and O–H groups in total. The van der Waals surface area contributed by atoms with Gasteiger partial charge in [0.15, 0.2) is 20.8 Å². The van der Waals surface area contributed by atoms with E-state index in [2.05, 4.69) is 10.1 Å². The minimum atomic E-state index is -3.67. The summed E-state index contributed by atoms with van der Waals surface area (Å²) >= 11 is 0.811. The summed E-state index contributed by atoms with van der Waals surface area (Å²) in [6, 6.07) is 1.51. The number of hydrogen-bond donors (Lipinski definition) is 0. The van der Waals surface area contributed by atoms with E-state index in [0.29, 0.717) is 42.9 Å². The second-order valence-electron chi connectivity index (χ2n) is 8.68. The summed E-state index contributed by atoms with van der Waals surface area (Å²) in [7, 11) is -3.67. The van der Waals surface area contributed by atoms with Gasteiger partial charge in [0.2, 0.25) is 0 Å². The molecule has 0 radical (unpaired) electrons. The summed E-state index contributed by atoms with van der Waals surface area (Å²) in [5.41, 5.74) is 0.268. The monoisotopic (exact) mass is 495 g/mol. The van der Waals surface area contributed by atoms with Crippen molar-refractivity contribution in [2.45, 2.75) is 54.7 Å². The molecule has 1 saturated carbocycles. The van der Waals surface area contributed by atoms with Gasteiger partial charge in [-0.3, -0.25) is 9.48 Å². The van der Waals surface area contributed by atoms with Crippen LogP contribution in [0.4, 0.5) is 8.78 Å². The maximum Gasteiger partial charge on any atom is 0.196 e. The molecule has 5 rings (SSSR count). The third kappa shape index (κ3) is 4.58. The number of sulfone groups is 1. The van der Waals surface area contributed by atoms with E-state index in [1.165, 1.54) is 16.9 Å². The molecule has 2 aliphatic rings. The van der Waals surface area contributed by atoms with Crippen molar-refractivity contribution >= 4 is 37.9 Å². The average molecular weight is 496 g/mol. The number of ether oxygens (including phenoxy) is 1. The van der Waals surface area contributed by atoms with E-state index in [4.69, 9.17) is 4.74 Å². The predicted molar refractivity (Wildman–Crippen MR) is 118 cm³/mol. The Labute approximate surface area is 193 Å². The molecule has 2 fully saturated rings. The average Bonchev–Trinajstić information content (AvgIpc) is 3.47. The molecule has 1 aromatic carbocycles. The molecule has 2 aromatic heterocycles. The van der Waals surface area contributed by atoms with Gasteiger partial charge in [-0.2, -0.15) is 9.49 Å². The van der Waals surface area contributed by atoms with Crippen molar-refractivity contribution < 1.29 is 26.7 Å². The number of ketones is 1. The molecule has 0 amide bonds. The van der Waals surface area contributed by atoms with Crippen molar-refractivity contribution in [3.05, 3.63) is 40.5 Å². The standard InChI is InChI=1S/C22H23F2N3O4S2/c23-14-8-17-16(20(9-14)33(29,30)15-1-2-15)11-26-27(17)18(7-13-3-5-31-6-4-13)19(28)10-22-25-12-21(24)32-22/h8-9,11-13,15,18H,1-7,10H2. The Hall–Kier alpha value is -2.24. The molecule has 176 valence electrons. The number of halogens is 2. The number of nitrogens with zero attached hydrogens (tertiary/aromatic N) is 3. The van der Waals surface area contributed by atoms with Crippen molar-refractivity contribution in [3.63, 3.8) is 0 Å². The number of Topliss-reactive ketones (excluding diaryl/α,β-unsaturated/α-hetero) is 1. The van der Waals surface area contributed by atoms with Crippen molar-refractivity contribution in [2.75, 3.05) is 13.2 Å². The highest BCUT2D eigenvalue weighted by molar-refractivity contribution is 7.92. The molecule has 3 heterocycles. The summed E-state index contributed by atoms with van der Waals surface area (Å²) in [6.07, 6.45) is 5.54. The second-order valence-corrected chi connectivity index (χ2v) is 11.9. The lowest BCUT2D eigenvalue weighted by molar-refractivity contribution is -0.122. The van der Waals surface area contributed by atoms with E-state index < -0.39 is 32.1 Å². The highest BCUT2D eigenvalue weighted by Crippen LogP contribution is 2.38. The lowest BCUT2D eigenvalue weighted by Crippen LogP contribution is -2.27. The van der Waals surface area contributed by atoms with Crippen LogP contribution in [0.5, 0.6) is 0 Å². The zero-order valence-corrected chi connectivity index (χ0v) is 19.4. The summed E-state index contributed by atoms with van der Waals surface area (Å²) in [6.45, 7) is 1.20. The summed E-state index contributed by atoms with van der Waals surface area (Å²) in [4.78, 5) is 17.2. The van der Waals surface area contributed by atoms with Crippen LogP contribution in [0.15, 0.2) is 29.4 Å². The molecular formula is C22H23F2N3O4S2. The zero-order valence-electron chi connectivity index (χ0n) is 17.7. The van der Waals surface area contributed by atoms with Crippen LogP contribution in [0.2, 0.25) is 0 Å². The van der Waals surface area contributed by atoms with Crippen molar-refractivity contribution in [1.29, 1.82) is 0 Å². The third-order valence-electron chi connectivity index (χ3n) is 6.33. The van der Waals surface area contributed by atoms with E-state index >= 15 is 0 Å². The van der Waals surface area contributed by atoms with Crippen molar-refractivity contribution in [1.82, 2.24) is 14.8 Å². The molecule has 1 unspecified atom stereocenters. The van der Waals surface area contributed by atoms with Crippen LogP contribution >= 0.6 is 11.3 Å². The van der Waals surface area contributed by atoms with Gasteiger partial charge in [0.25, 0.3) is 0 Å². The largest absolute Gasteiger partial charge is 0.381 e. The van der Waals surface area contributed by atoms with Crippen LogP contribution in [-0.4, -0.2) is 47.4 Å². The molecule has 3 aromatic rings. The molecule has 0 bridgehead atoms. The Morgan fingerprint density at radius 2 is 1.94 bits per heavy atom. The Kier molecular flexibility index (Phi) is 6.04. The van der Waals surface area contributed by atoms with Crippen LogP contribution in [0.1, 0.15) is 43.2 Å². The van der Waals surface area contributed by atoms with Gasteiger partial charge in [-0.05, 0) is 50.2 Å². The Bertz CT molecular complexity index is 1290. The predicted octanol–water partition coefficient (Wildman–Crippen LogP) is 3.88. The number of fused-ring (bicyclic) bond motifs is 1. The fourth-order valence-electron chi connectivity index (χ4n) is 4.42. The maximum absolute atomic E-state index is 14.6. The Morgan fingerprint density at radius 3 is 2.61 bits per heavy atom. The quantitative estimate of drug-likeness (QED) is 0.471. The minimum absolute atomic E-state index is 0.0770. The molecule has 1 atom stereocenters. The Morgan fingerprint density at radius 1 is 1.18 bits per heavy atom. The van der Waals surface area contributed by atoms with Crippen LogP contribution in [0.25, 0.3) is 10.9 Å². The minimum Gasteiger partial charge on any atom is -0.381 e. The van der Waals surface area contributed by atoms with Gasteiger partial charge in [-0.1, -0.05) is 11.3 Å². The van der Waals surface area contributed by atoms with Gasteiger partial charge < -0.3 is 4.74 Å². The highest BCUT2D eigenvalue weighted by Gasteiger charge is 2.39. The number of aromatic nitrogens is 3. The molecular weight excluding hydrogens is 472 g/mol. The van der Waals surface area contributed by atoms with Crippen LogP contribution in [-0.2, 0) is 25.8 Å². The molecule has 0 spiro atoms. The van der Waals surface area contributed by atoms with Gasteiger partial charge in [-0.25, -0.2) is 17.8 Å². The van der Waals surface area contributed by atoms with E-state index in [1.807, 2.05) is 0 Å². The number of carbonyl (C=O) groups excluding carboxylic acids is 1. The number of hydrogen-bond acceptors (Lipinski definition) is 7. The van der Waals surface area contributed by atoms with Gasteiger partial charge in [0.1, 0.15) is 16.9 Å². The van der Waals surface area contributed by atoms with Crippen molar-refractivity contribution in [2.24, 2.45) is 5.92 Å².